The fourth-order valence-electron chi connectivity index (χ4n) is 4.29. The summed E-state index contributed by atoms with van der Waals surface area (Å²) in [7, 11) is 0. The minimum absolute atomic E-state index is 0.0734. The number of benzene rings is 3. The number of fused-ring (bicyclic) bond motifs is 1. The third kappa shape index (κ3) is 5.39. The lowest BCUT2D eigenvalue weighted by Crippen LogP contribution is -2.35. The molecule has 1 atom stereocenters. The third-order valence-electron chi connectivity index (χ3n) is 5.90. The van der Waals surface area contributed by atoms with Crippen LogP contribution in [0.4, 0.5) is 4.39 Å². The number of amides is 1. The highest BCUT2D eigenvalue weighted by Gasteiger charge is 2.36. The van der Waals surface area contributed by atoms with E-state index in [9.17, 15) is 19.1 Å². The lowest BCUT2D eigenvalue weighted by atomic mass is 9.91. The second kappa shape index (κ2) is 9.47. The van der Waals surface area contributed by atoms with Crippen molar-refractivity contribution < 1.29 is 23.8 Å². The predicted octanol–water partition coefficient (Wildman–Crippen LogP) is 5.45. The van der Waals surface area contributed by atoms with Gasteiger partial charge < -0.3 is 14.7 Å². The van der Waals surface area contributed by atoms with Gasteiger partial charge in [-0.3, -0.25) is 9.59 Å². The Bertz CT molecular complexity index is 1240. The van der Waals surface area contributed by atoms with Crippen LogP contribution >= 0.6 is 11.6 Å². The molecule has 5 nitrogen and oxygen atoms in total. The minimum atomic E-state index is -1.08. The van der Waals surface area contributed by atoms with Crippen LogP contribution in [0.5, 0.6) is 5.75 Å². The number of hydrogen-bond donors (Lipinski definition) is 1. The summed E-state index contributed by atoms with van der Waals surface area (Å²) in [4.78, 5) is 26.0. The summed E-state index contributed by atoms with van der Waals surface area (Å²) >= 11 is 5.79. The van der Waals surface area contributed by atoms with Crippen molar-refractivity contribution >= 4 is 23.5 Å². The Kier molecular flexibility index (Phi) is 6.62. The Morgan fingerprint density at radius 1 is 1.09 bits per heavy atom. The molecule has 0 spiro atoms. The molecule has 34 heavy (non-hydrogen) atoms. The van der Waals surface area contributed by atoms with E-state index in [-0.39, 0.29) is 17.5 Å². The Morgan fingerprint density at radius 3 is 2.47 bits per heavy atom. The van der Waals surface area contributed by atoms with Crippen LogP contribution in [0.3, 0.4) is 0 Å². The molecule has 0 saturated heterocycles. The Labute approximate surface area is 202 Å². The largest absolute Gasteiger partial charge is 0.487 e. The van der Waals surface area contributed by atoms with Crippen molar-refractivity contribution in [3.8, 4) is 5.75 Å². The summed E-state index contributed by atoms with van der Waals surface area (Å²) < 4.78 is 20.0. The van der Waals surface area contributed by atoms with E-state index in [0.717, 1.165) is 22.3 Å². The number of aryl methyl sites for hydroxylation is 1. The summed E-state index contributed by atoms with van der Waals surface area (Å²) in [5, 5.41) is 9.43. The first-order chi connectivity index (χ1) is 16.1. The molecule has 1 heterocycles. The summed E-state index contributed by atoms with van der Waals surface area (Å²) in [6.07, 6.45) is 1.00. The van der Waals surface area contributed by atoms with Crippen molar-refractivity contribution in [1.29, 1.82) is 0 Å². The van der Waals surface area contributed by atoms with E-state index in [0.29, 0.717) is 24.2 Å². The topological polar surface area (TPSA) is 66.8 Å². The van der Waals surface area contributed by atoms with E-state index < -0.39 is 23.9 Å². The van der Waals surface area contributed by atoms with Gasteiger partial charge in [-0.05, 0) is 60.9 Å². The van der Waals surface area contributed by atoms with Crippen molar-refractivity contribution in [2.45, 2.75) is 38.8 Å². The Hall–Kier alpha value is -3.38. The van der Waals surface area contributed by atoms with Crippen LogP contribution in [-0.4, -0.2) is 34.0 Å². The van der Waals surface area contributed by atoms with Crippen molar-refractivity contribution in [2.75, 3.05) is 6.54 Å². The molecule has 0 saturated carbocycles. The maximum atomic E-state index is 13.9. The Morgan fingerprint density at radius 2 is 1.79 bits per heavy atom. The molecule has 0 aliphatic carbocycles. The van der Waals surface area contributed by atoms with Gasteiger partial charge in [0.1, 0.15) is 23.7 Å². The monoisotopic (exact) mass is 481 g/mol. The lowest BCUT2D eigenvalue weighted by Gasteiger charge is -2.24. The van der Waals surface area contributed by atoms with Crippen LogP contribution in [0.1, 0.15) is 39.5 Å². The van der Waals surface area contributed by atoms with Gasteiger partial charge in [-0.15, -0.1) is 0 Å². The van der Waals surface area contributed by atoms with Crippen LogP contribution in [0.15, 0.2) is 60.7 Å². The van der Waals surface area contributed by atoms with Gasteiger partial charge >= 0.3 is 5.97 Å². The van der Waals surface area contributed by atoms with E-state index in [1.165, 1.54) is 17.0 Å². The molecule has 7 heteroatoms. The number of carbonyl (C=O) groups is 2. The minimum Gasteiger partial charge on any atom is -0.487 e. The van der Waals surface area contributed by atoms with Gasteiger partial charge in [-0.25, -0.2) is 4.39 Å². The van der Waals surface area contributed by atoms with Gasteiger partial charge in [-0.2, -0.15) is 0 Å². The number of halogens is 2. The molecule has 1 amide bonds. The summed E-state index contributed by atoms with van der Waals surface area (Å²) in [5.41, 5.74) is 3.35. The van der Waals surface area contributed by atoms with Crippen molar-refractivity contribution in [2.24, 2.45) is 0 Å². The highest BCUT2D eigenvalue weighted by molar-refractivity contribution is 6.30. The van der Waals surface area contributed by atoms with Crippen LogP contribution in [0.25, 0.3) is 0 Å². The van der Waals surface area contributed by atoms with Crippen LogP contribution < -0.4 is 4.74 Å². The van der Waals surface area contributed by atoms with E-state index in [1.807, 2.05) is 38.1 Å². The third-order valence-corrected chi connectivity index (χ3v) is 6.20. The van der Waals surface area contributed by atoms with Gasteiger partial charge in [0, 0.05) is 24.9 Å². The van der Waals surface area contributed by atoms with E-state index in [4.69, 9.17) is 16.3 Å². The maximum absolute atomic E-state index is 13.9. The quantitative estimate of drug-likeness (QED) is 0.487. The molecule has 0 radical (unpaired) electrons. The van der Waals surface area contributed by atoms with Crippen LogP contribution in [-0.2, 0) is 24.2 Å². The standard InChI is InChI=1S/C27H25ClFNO4/c1-17-3-5-18(6-4-17)15-30(16-25(31)32)26(33)20-8-10-24-21(12-20)14-27(2,34-24)13-19-7-9-22(28)23(29)11-19/h3-12H,13-16H2,1-2H3,(H,31,32). The van der Waals surface area contributed by atoms with Crippen LogP contribution in [0, 0.1) is 12.7 Å². The second-order valence-corrected chi connectivity index (χ2v) is 9.42. The normalized spacial score (nSPS) is 16.6. The Balaban J connectivity index is 1.52. The van der Waals surface area contributed by atoms with E-state index >= 15 is 0 Å². The zero-order valence-corrected chi connectivity index (χ0v) is 19.7. The van der Waals surface area contributed by atoms with Crippen molar-refractivity contribution in [3.63, 3.8) is 0 Å². The van der Waals surface area contributed by atoms with Crippen molar-refractivity contribution in [1.82, 2.24) is 4.90 Å². The predicted molar refractivity (Wildman–Crippen MR) is 128 cm³/mol. The molecular formula is C27H25ClFNO4. The molecule has 1 aliphatic heterocycles. The summed E-state index contributed by atoms with van der Waals surface area (Å²) in [6, 6.07) is 17.5. The molecule has 1 N–H and O–H groups in total. The number of carbonyl (C=O) groups excluding carboxylic acids is 1. The highest BCUT2D eigenvalue weighted by Crippen LogP contribution is 2.38. The molecule has 0 bridgehead atoms. The molecule has 1 aliphatic rings. The summed E-state index contributed by atoms with van der Waals surface area (Å²) in [6.45, 7) is 3.70. The average molecular weight is 482 g/mol. The van der Waals surface area contributed by atoms with Gasteiger partial charge in [0.2, 0.25) is 0 Å². The molecule has 1 unspecified atom stereocenters. The average Bonchev–Trinajstić information content (AvgIpc) is 3.11. The molecule has 0 fully saturated rings. The molecule has 0 aromatic heterocycles. The van der Waals surface area contributed by atoms with Gasteiger partial charge in [0.15, 0.2) is 0 Å². The number of nitrogens with zero attached hydrogens (tertiary/aromatic N) is 1. The molecule has 3 aromatic rings. The highest BCUT2D eigenvalue weighted by atomic mass is 35.5. The first-order valence-electron chi connectivity index (χ1n) is 10.9. The zero-order valence-electron chi connectivity index (χ0n) is 19.0. The molecule has 176 valence electrons. The number of rotatable bonds is 7. The van der Waals surface area contributed by atoms with Crippen LogP contribution in [0.2, 0.25) is 5.02 Å². The van der Waals surface area contributed by atoms with Gasteiger partial charge in [0.25, 0.3) is 5.91 Å². The van der Waals surface area contributed by atoms with Gasteiger partial charge in [-0.1, -0.05) is 47.5 Å². The number of aliphatic carboxylic acids is 1. The molecular weight excluding hydrogens is 457 g/mol. The second-order valence-electron chi connectivity index (χ2n) is 9.02. The molecule has 4 rings (SSSR count). The van der Waals surface area contributed by atoms with E-state index in [1.54, 1.807) is 24.3 Å². The number of ether oxygens (including phenoxy) is 1. The first-order valence-corrected chi connectivity index (χ1v) is 11.3. The molecule has 3 aromatic carbocycles. The lowest BCUT2D eigenvalue weighted by molar-refractivity contribution is -0.137. The fraction of sp³-hybridized carbons (Fsp3) is 0.259. The fourth-order valence-corrected chi connectivity index (χ4v) is 4.41. The van der Waals surface area contributed by atoms with Gasteiger partial charge in [0.05, 0.1) is 5.02 Å². The van der Waals surface area contributed by atoms with E-state index in [2.05, 4.69) is 0 Å². The zero-order chi connectivity index (χ0) is 24.5. The summed E-state index contributed by atoms with van der Waals surface area (Å²) in [5.74, 6) is -1.25. The first kappa shape index (κ1) is 23.8. The SMILES string of the molecule is Cc1ccc(CN(CC(=O)O)C(=O)c2ccc3c(c2)CC(C)(Cc2ccc(Cl)c(F)c2)O3)cc1. The number of carboxylic acids is 1. The number of carboxylic acid groups (broad SMARTS) is 1. The number of hydrogen-bond acceptors (Lipinski definition) is 3. The maximum Gasteiger partial charge on any atom is 0.323 e. The smallest absolute Gasteiger partial charge is 0.323 e. The van der Waals surface area contributed by atoms with Crippen molar-refractivity contribution in [3.05, 3.63) is 99.3 Å².